The van der Waals surface area contributed by atoms with E-state index in [-0.39, 0.29) is 5.69 Å². The van der Waals surface area contributed by atoms with Crippen LogP contribution in [-0.2, 0) is 11.2 Å². The molecule has 0 bridgehead atoms. The van der Waals surface area contributed by atoms with Crippen molar-refractivity contribution in [2.45, 2.75) is 12.8 Å². The van der Waals surface area contributed by atoms with Crippen LogP contribution in [0.1, 0.15) is 22.5 Å². The molecule has 0 saturated heterocycles. The number of nitrogens with zero attached hydrogens (tertiary/aromatic N) is 3. The van der Waals surface area contributed by atoms with Gasteiger partial charge in [-0.05, 0) is 42.7 Å². The minimum Gasteiger partial charge on any atom is -0.493 e. The average Bonchev–Trinajstić information content (AvgIpc) is 3.11. The zero-order valence-electron chi connectivity index (χ0n) is 14.0. The van der Waals surface area contributed by atoms with Crippen LogP contribution < -0.4 is 4.74 Å². The third-order valence-electron chi connectivity index (χ3n) is 3.71. The van der Waals surface area contributed by atoms with Gasteiger partial charge in [0.05, 0.1) is 25.6 Å². The fourth-order valence-corrected chi connectivity index (χ4v) is 2.42. The van der Waals surface area contributed by atoms with Gasteiger partial charge in [-0.15, -0.1) is 0 Å². The molecular weight excluding hydrogens is 318 g/mol. The van der Waals surface area contributed by atoms with Crippen LogP contribution in [0.25, 0.3) is 5.69 Å². The summed E-state index contributed by atoms with van der Waals surface area (Å²) in [5.41, 5.74) is 2.18. The van der Waals surface area contributed by atoms with Crippen LogP contribution in [0.4, 0.5) is 0 Å². The summed E-state index contributed by atoms with van der Waals surface area (Å²) in [6, 6.07) is 13.4. The predicted octanol–water partition coefficient (Wildman–Crippen LogP) is 3.07. The van der Waals surface area contributed by atoms with Crippen LogP contribution in [0.3, 0.4) is 0 Å². The van der Waals surface area contributed by atoms with E-state index < -0.39 is 5.97 Å². The molecule has 0 saturated carbocycles. The zero-order chi connectivity index (χ0) is 17.5. The molecule has 0 spiro atoms. The lowest BCUT2D eigenvalue weighted by atomic mass is 10.1. The van der Waals surface area contributed by atoms with Gasteiger partial charge in [0.25, 0.3) is 0 Å². The smallest absolute Gasteiger partial charge is 0.362 e. The number of para-hydroxylation sites is 1. The van der Waals surface area contributed by atoms with Gasteiger partial charge in [-0.25, -0.2) is 9.48 Å². The van der Waals surface area contributed by atoms with Crippen LogP contribution in [0, 0.1) is 0 Å². The number of carbonyl (C=O) groups is 1. The molecule has 0 fully saturated rings. The molecule has 25 heavy (non-hydrogen) atoms. The van der Waals surface area contributed by atoms with E-state index in [0.717, 1.165) is 24.1 Å². The molecular formula is C19H19N3O3. The first-order valence-corrected chi connectivity index (χ1v) is 8.03. The first kappa shape index (κ1) is 16.7. The van der Waals surface area contributed by atoms with E-state index in [1.807, 2.05) is 42.5 Å². The Morgan fingerprint density at radius 1 is 1.12 bits per heavy atom. The Morgan fingerprint density at radius 2 is 1.88 bits per heavy atom. The maximum Gasteiger partial charge on any atom is 0.362 e. The van der Waals surface area contributed by atoms with Gasteiger partial charge in [0.1, 0.15) is 0 Å². The summed E-state index contributed by atoms with van der Waals surface area (Å²) < 4.78 is 12.2. The average molecular weight is 337 g/mol. The highest BCUT2D eigenvalue weighted by molar-refractivity contribution is 5.90. The summed E-state index contributed by atoms with van der Waals surface area (Å²) >= 11 is 0. The van der Waals surface area contributed by atoms with Crippen molar-refractivity contribution >= 4 is 5.97 Å². The van der Waals surface area contributed by atoms with Gasteiger partial charge in [-0.2, -0.15) is 5.10 Å². The van der Waals surface area contributed by atoms with Gasteiger partial charge in [0.15, 0.2) is 5.75 Å². The third kappa shape index (κ3) is 4.23. The Hall–Kier alpha value is -3.15. The first-order chi connectivity index (χ1) is 12.3. The Labute approximate surface area is 146 Å². The van der Waals surface area contributed by atoms with Gasteiger partial charge in [0, 0.05) is 12.4 Å². The number of pyridine rings is 1. The number of rotatable bonds is 7. The molecule has 0 aliphatic rings. The molecule has 2 heterocycles. The van der Waals surface area contributed by atoms with Crippen molar-refractivity contribution in [3.05, 3.63) is 72.3 Å². The number of benzene rings is 1. The Kier molecular flexibility index (Phi) is 5.41. The number of methoxy groups -OCH3 is 1. The minimum absolute atomic E-state index is 0.176. The molecule has 3 rings (SSSR count). The fraction of sp³-hybridized carbons (Fsp3) is 0.211. The van der Waals surface area contributed by atoms with E-state index in [2.05, 4.69) is 10.1 Å². The molecule has 2 aromatic heterocycles. The SMILES string of the molecule is COc1cn(-c2ccccc2)nc1C(=O)OCCCc1ccncc1. The predicted molar refractivity (Wildman–Crippen MR) is 93.0 cm³/mol. The molecule has 0 unspecified atom stereocenters. The van der Waals surface area contributed by atoms with E-state index in [0.29, 0.717) is 12.4 Å². The maximum absolute atomic E-state index is 12.3. The Morgan fingerprint density at radius 3 is 2.60 bits per heavy atom. The second-order valence-corrected chi connectivity index (χ2v) is 5.42. The highest BCUT2D eigenvalue weighted by atomic mass is 16.5. The molecule has 0 amide bonds. The maximum atomic E-state index is 12.3. The second-order valence-electron chi connectivity index (χ2n) is 5.42. The molecule has 6 heteroatoms. The molecule has 0 N–H and O–H groups in total. The molecule has 3 aromatic rings. The van der Waals surface area contributed by atoms with Crippen LogP contribution in [0.5, 0.6) is 5.75 Å². The largest absolute Gasteiger partial charge is 0.493 e. The molecule has 0 atom stereocenters. The lowest BCUT2D eigenvalue weighted by Crippen LogP contribution is -2.10. The Balaban J connectivity index is 1.60. The Bertz CT molecular complexity index is 816. The summed E-state index contributed by atoms with van der Waals surface area (Å²) in [6.45, 7) is 0.322. The van der Waals surface area contributed by atoms with E-state index >= 15 is 0 Å². The summed E-state index contributed by atoms with van der Waals surface area (Å²) in [4.78, 5) is 16.3. The van der Waals surface area contributed by atoms with Gasteiger partial charge < -0.3 is 9.47 Å². The van der Waals surface area contributed by atoms with Crippen molar-refractivity contribution < 1.29 is 14.3 Å². The van der Waals surface area contributed by atoms with Crippen LogP contribution in [0.15, 0.2) is 61.1 Å². The number of aromatic nitrogens is 3. The molecule has 128 valence electrons. The highest BCUT2D eigenvalue weighted by Crippen LogP contribution is 2.20. The monoisotopic (exact) mass is 337 g/mol. The van der Waals surface area contributed by atoms with E-state index in [1.165, 1.54) is 7.11 Å². The molecule has 0 aliphatic carbocycles. The van der Waals surface area contributed by atoms with Crippen molar-refractivity contribution in [1.82, 2.24) is 14.8 Å². The molecule has 0 aliphatic heterocycles. The minimum atomic E-state index is -0.485. The lowest BCUT2D eigenvalue weighted by Gasteiger charge is -2.04. The summed E-state index contributed by atoms with van der Waals surface area (Å²) in [5, 5.41) is 4.30. The van der Waals surface area contributed by atoms with E-state index in [4.69, 9.17) is 9.47 Å². The van der Waals surface area contributed by atoms with Crippen LogP contribution in [-0.4, -0.2) is 34.5 Å². The quantitative estimate of drug-likeness (QED) is 0.490. The van der Waals surface area contributed by atoms with E-state index in [1.54, 1.807) is 23.3 Å². The number of aryl methyl sites for hydroxylation is 1. The lowest BCUT2D eigenvalue weighted by molar-refractivity contribution is 0.0489. The topological polar surface area (TPSA) is 66.2 Å². The number of esters is 1. The number of ether oxygens (including phenoxy) is 2. The van der Waals surface area contributed by atoms with Crippen LogP contribution >= 0.6 is 0 Å². The number of hydrogen-bond acceptors (Lipinski definition) is 5. The zero-order valence-corrected chi connectivity index (χ0v) is 14.0. The highest BCUT2D eigenvalue weighted by Gasteiger charge is 2.19. The summed E-state index contributed by atoms with van der Waals surface area (Å²) in [6.07, 6.45) is 6.73. The van der Waals surface area contributed by atoms with Crippen molar-refractivity contribution in [1.29, 1.82) is 0 Å². The summed E-state index contributed by atoms with van der Waals surface area (Å²) in [5.74, 6) is -0.0933. The first-order valence-electron chi connectivity index (χ1n) is 8.03. The molecule has 6 nitrogen and oxygen atoms in total. The standard InChI is InChI=1S/C19H19N3O3/c1-24-17-14-22(16-7-3-2-4-8-16)21-18(17)19(23)25-13-5-6-15-9-11-20-12-10-15/h2-4,7-12,14H,5-6,13H2,1H3. The van der Waals surface area contributed by atoms with Crippen molar-refractivity contribution in [2.75, 3.05) is 13.7 Å². The number of carbonyl (C=O) groups excluding carboxylic acids is 1. The van der Waals surface area contributed by atoms with Gasteiger partial charge in [-0.1, -0.05) is 18.2 Å². The molecule has 1 aromatic carbocycles. The fourth-order valence-electron chi connectivity index (χ4n) is 2.42. The van der Waals surface area contributed by atoms with Gasteiger partial charge in [0.2, 0.25) is 5.69 Å². The van der Waals surface area contributed by atoms with Crippen molar-refractivity contribution in [3.8, 4) is 11.4 Å². The van der Waals surface area contributed by atoms with Gasteiger partial charge in [-0.3, -0.25) is 4.98 Å². The number of hydrogen-bond donors (Lipinski definition) is 0. The van der Waals surface area contributed by atoms with Crippen molar-refractivity contribution in [3.63, 3.8) is 0 Å². The normalized spacial score (nSPS) is 10.4. The second kappa shape index (κ2) is 8.10. The van der Waals surface area contributed by atoms with E-state index in [9.17, 15) is 4.79 Å². The van der Waals surface area contributed by atoms with Gasteiger partial charge >= 0.3 is 5.97 Å². The van der Waals surface area contributed by atoms with Crippen LogP contribution in [0.2, 0.25) is 0 Å². The third-order valence-corrected chi connectivity index (χ3v) is 3.71. The summed E-state index contributed by atoms with van der Waals surface area (Å²) in [7, 11) is 1.51. The molecule has 0 radical (unpaired) electrons. The van der Waals surface area contributed by atoms with Crippen molar-refractivity contribution in [2.24, 2.45) is 0 Å².